The Balaban J connectivity index is 1.77. The molecule has 0 saturated heterocycles. The molecule has 0 fully saturated rings. The minimum Gasteiger partial charge on any atom is -0.478 e. The summed E-state index contributed by atoms with van der Waals surface area (Å²) in [6.45, 7) is 0.490. The van der Waals surface area contributed by atoms with Crippen molar-refractivity contribution >= 4 is 29.2 Å². The van der Waals surface area contributed by atoms with Crippen molar-refractivity contribution in [2.75, 3.05) is 0 Å². The Kier molecular flexibility index (Phi) is 4.45. The molecule has 0 aliphatic rings. The number of benzene rings is 1. The number of fused-ring (bicyclic) bond motifs is 1. The molecule has 27 heavy (non-hydrogen) atoms. The van der Waals surface area contributed by atoms with Crippen molar-refractivity contribution in [2.45, 2.75) is 6.54 Å². The average Bonchev–Trinajstić information content (AvgIpc) is 3.10. The number of carboxylic acids is 1. The summed E-state index contributed by atoms with van der Waals surface area (Å²) in [5.74, 6) is -1.000. The van der Waals surface area contributed by atoms with E-state index in [-0.39, 0.29) is 5.56 Å². The maximum atomic E-state index is 11.7. The Hall–Kier alpha value is -3.80. The number of pyridine rings is 2. The number of rotatable bonds is 5. The van der Waals surface area contributed by atoms with Crippen LogP contribution in [0.25, 0.3) is 23.2 Å². The molecule has 1 N–H and O–H groups in total. The van der Waals surface area contributed by atoms with Gasteiger partial charge in [-0.2, -0.15) is 5.10 Å². The summed E-state index contributed by atoms with van der Waals surface area (Å²) in [5, 5.41) is 14.5. The quantitative estimate of drug-likeness (QED) is 0.589. The van der Waals surface area contributed by atoms with Gasteiger partial charge in [-0.3, -0.25) is 4.98 Å². The van der Waals surface area contributed by atoms with E-state index in [1.54, 1.807) is 29.3 Å². The maximum Gasteiger partial charge on any atom is 0.336 e. The number of hydrogen-bond donors (Lipinski definition) is 1. The highest BCUT2D eigenvalue weighted by molar-refractivity contribution is 6.02. The van der Waals surface area contributed by atoms with Crippen molar-refractivity contribution in [3.63, 3.8) is 0 Å². The number of carbonyl (C=O) groups is 1. The molecule has 6 heteroatoms. The summed E-state index contributed by atoms with van der Waals surface area (Å²) in [4.78, 5) is 20.3. The van der Waals surface area contributed by atoms with E-state index in [4.69, 9.17) is 0 Å². The van der Waals surface area contributed by atoms with Gasteiger partial charge in [0.05, 0.1) is 29.4 Å². The first-order valence-corrected chi connectivity index (χ1v) is 8.42. The highest BCUT2D eigenvalue weighted by Crippen LogP contribution is 2.20. The minimum absolute atomic E-state index is 0.189. The van der Waals surface area contributed by atoms with E-state index in [1.165, 1.54) is 0 Å². The van der Waals surface area contributed by atoms with Gasteiger partial charge in [0, 0.05) is 12.4 Å². The fraction of sp³-hybridized carbons (Fsp3) is 0.0476. The molecule has 6 nitrogen and oxygen atoms in total. The Morgan fingerprint density at radius 3 is 2.59 bits per heavy atom. The lowest BCUT2D eigenvalue weighted by Gasteiger charge is -2.05. The summed E-state index contributed by atoms with van der Waals surface area (Å²) in [6.07, 6.45) is 8.70. The number of carboxylic acid groups (broad SMARTS) is 1. The van der Waals surface area contributed by atoms with Gasteiger partial charge in [-0.05, 0) is 35.4 Å². The first kappa shape index (κ1) is 16.7. The van der Waals surface area contributed by atoms with Crippen molar-refractivity contribution in [1.82, 2.24) is 19.7 Å². The standard InChI is InChI=1S/C21H16N4O2/c26-21(27)18-12-17(7-6-15-4-2-1-3-5-15)24-20-19(18)13-23-25(20)14-16-8-10-22-11-9-16/h1-13H,14H2,(H,26,27)/b7-6+. The van der Waals surface area contributed by atoms with Crippen molar-refractivity contribution in [3.05, 3.63) is 89.5 Å². The molecule has 0 aliphatic carbocycles. The van der Waals surface area contributed by atoms with E-state index in [1.807, 2.05) is 54.6 Å². The van der Waals surface area contributed by atoms with Gasteiger partial charge >= 0.3 is 5.97 Å². The van der Waals surface area contributed by atoms with Crippen LogP contribution in [0.15, 0.2) is 67.1 Å². The smallest absolute Gasteiger partial charge is 0.336 e. The topological polar surface area (TPSA) is 80.9 Å². The van der Waals surface area contributed by atoms with Crippen LogP contribution in [0.5, 0.6) is 0 Å². The van der Waals surface area contributed by atoms with Gasteiger partial charge in [-0.25, -0.2) is 14.5 Å². The number of hydrogen-bond acceptors (Lipinski definition) is 4. The van der Waals surface area contributed by atoms with Crippen LogP contribution in [-0.2, 0) is 6.54 Å². The van der Waals surface area contributed by atoms with Crippen LogP contribution in [0.4, 0.5) is 0 Å². The van der Waals surface area contributed by atoms with Crippen LogP contribution in [-0.4, -0.2) is 30.8 Å². The van der Waals surface area contributed by atoms with Crippen molar-refractivity contribution in [2.24, 2.45) is 0 Å². The molecular formula is C21H16N4O2. The summed E-state index contributed by atoms with van der Waals surface area (Å²) in [5.41, 5.74) is 3.33. The molecule has 0 saturated carbocycles. The molecule has 0 bridgehead atoms. The predicted octanol–water partition coefficient (Wildman–Crippen LogP) is 3.74. The van der Waals surface area contributed by atoms with Crippen molar-refractivity contribution in [1.29, 1.82) is 0 Å². The lowest BCUT2D eigenvalue weighted by molar-refractivity contribution is 0.0699. The number of aromatic carboxylic acids is 1. The van der Waals surface area contributed by atoms with E-state index in [2.05, 4.69) is 15.1 Å². The van der Waals surface area contributed by atoms with Crippen LogP contribution < -0.4 is 0 Å². The largest absolute Gasteiger partial charge is 0.478 e. The van der Waals surface area contributed by atoms with Crippen LogP contribution in [0, 0.1) is 0 Å². The van der Waals surface area contributed by atoms with E-state index in [0.717, 1.165) is 11.1 Å². The third-order valence-corrected chi connectivity index (χ3v) is 4.19. The second-order valence-corrected chi connectivity index (χ2v) is 6.04. The van der Waals surface area contributed by atoms with Gasteiger partial charge in [0.25, 0.3) is 0 Å². The lowest BCUT2D eigenvalue weighted by Crippen LogP contribution is -2.05. The summed E-state index contributed by atoms with van der Waals surface area (Å²) < 4.78 is 1.71. The average molecular weight is 356 g/mol. The zero-order valence-electron chi connectivity index (χ0n) is 14.4. The first-order chi connectivity index (χ1) is 13.2. The molecule has 0 radical (unpaired) electrons. The molecule has 1 aromatic carbocycles. The number of nitrogens with zero attached hydrogens (tertiary/aromatic N) is 4. The Bertz CT molecular complexity index is 1120. The van der Waals surface area contributed by atoms with Gasteiger partial charge in [0.1, 0.15) is 0 Å². The van der Waals surface area contributed by atoms with Gasteiger partial charge in [-0.15, -0.1) is 0 Å². The fourth-order valence-corrected chi connectivity index (χ4v) is 2.85. The van der Waals surface area contributed by atoms with Crippen LogP contribution in [0.1, 0.15) is 27.2 Å². The molecule has 3 heterocycles. The SMILES string of the molecule is O=C(O)c1cc(/C=C/c2ccccc2)nc2c1cnn2Cc1ccncc1. The van der Waals surface area contributed by atoms with Gasteiger partial charge in [-0.1, -0.05) is 36.4 Å². The third kappa shape index (κ3) is 3.59. The zero-order valence-corrected chi connectivity index (χ0v) is 14.4. The fourth-order valence-electron chi connectivity index (χ4n) is 2.85. The predicted molar refractivity (Wildman–Crippen MR) is 103 cm³/mol. The molecule has 3 aromatic heterocycles. The Morgan fingerprint density at radius 2 is 1.85 bits per heavy atom. The van der Waals surface area contributed by atoms with Crippen molar-refractivity contribution < 1.29 is 9.90 Å². The molecule has 0 atom stereocenters. The Morgan fingerprint density at radius 1 is 1.07 bits per heavy atom. The van der Waals surface area contributed by atoms with Crippen LogP contribution in [0.2, 0.25) is 0 Å². The van der Waals surface area contributed by atoms with Gasteiger partial charge < -0.3 is 5.11 Å². The second kappa shape index (κ2) is 7.21. The summed E-state index contributed by atoms with van der Waals surface area (Å²) >= 11 is 0. The molecule has 132 valence electrons. The molecular weight excluding hydrogens is 340 g/mol. The highest BCUT2D eigenvalue weighted by Gasteiger charge is 2.15. The summed E-state index contributed by atoms with van der Waals surface area (Å²) in [6, 6.07) is 15.1. The zero-order chi connectivity index (χ0) is 18.6. The van der Waals surface area contributed by atoms with Gasteiger partial charge in [0.2, 0.25) is 0 Å². The molecule has 0 spiro atoms. The second-order valence-electron chi connectivity index (χ2n) is 6.04. The third-order valence-electron chi connectivity index (χ3n) is 4.19. The van der Waals surface area contributed by atoms with Crippen LogP contribution in [0.3, 0.4) is 0 Å². The monoisotopic (exact) mass is 356 g/mol. The van der Waals surface area contributed by atoms with E-state index in [9.17, 15) is 9.90 Å². The van der Waals surface area contributed by atoms with E-state index >= 15 is 0 Å². The molecule has 0 aliphatic heterocycles. The van der Waals surface area contributed by atoms with E-state index in [0.29, 0.717) is 23.3 Å². The normalized spacial score (nSPS) is 11.3. The molecule has 0 unspecified atom stereocenters. The minimum atomic E-state index is -1.000. The maximum absolute atomic E-state index is 11.7. The van der Waals surface area contributed by atoms with Gasteiger partial charge in [0.15, 0.2) is 5.65 Å². The van der Waals surface area contributed by atoms with Crippen molar-refractivity contribution in [3.8, 4) is 0 Å². The molecule has 4 aromatic rings. The molecule has 4 rings (SSSR count). The summed E-state index contributed by atoms with van der Waals surface area (Å²) in [7, 11) is 0. The Labute approximate surface area is 155 Å². The molecule has 0 amide bonds. The number of aromatic nitrogens is 4. The van der Waals surface area contributed by atoms with E-state index < -0.39 is 5.97 Å². The lowest BCUT2D eigenvalue weighted by atomic mass is 10.1. The first-order valence-electron chi connectivity index (χ1n) is 8.42. The highest BCUT2D eigenvalue weighted by atomic mass is 16.4. The van der Waals surface area contributed by atoms with Crippen LogP contribution >= 0.6 is 0 Å².